The number of hydrogen-bond donors (Lipinski definition) is 0. The Morgan fingerprint density at radius 3 is 2.17 bits per heavy atom. The first-order chi connectivity index (χ1) is 19.3. The zero-order chi connectivity index (χ0) is 28.1. The molecular weight excluding hydrogens is 529 g/mol. The van der Waals surface area contributed by atoms with Crippen LogP contribution in [0.15, 0.2) is 97.1 Å². The minimum absolute atomic E-state index is 0.0483. The molecule has 0 atom stereocenters. The number of rotatable bonds is 11. The van der Waals surface area contributed by atoms with E-state index >= 15 is 0 Å². The molecule has 5 rings (SSSR count). The van der Waals surface area contributed by atoms with Crippen LogP contribution in [0.1, 0.15) is 16.7 Å². The van der Waals surface area contributed by atoms with Crippen LogP contribution in [-0.2, 0) is 27.5 Å². The first kappa shape index (κ1) is 27.4. The van der Waals surface area contributed by atoms with Gasteiger partial charge in [0.1, 0.15) is 37.1 Å². The minimum Gasteiger partial charge on any atom is -0.491 e. The fourth-order valence-corrected chi connectivity index (χ4v) is 5.07. The molecule has 0 fully saturated rings. The maximum absolute atomic E-state index is 13.8. The minimum atomic E-state index is -3.50. The van der Waals surface area contributed by atoms with E-state index in [0.717, 1.165) is 50.9 Å². The van der Waals surface area contributed by atoms with Gasteiger partial charge in [0.15, 0.2) is 0 Å². The van der Waals surface area contributed by atoms with E-state index in [4.69, 9.17) is 13.7 Å². The molecule has 4 aromatic carbocycles. The van der Waals surface area contributed by atoms with Gasteiger partial charge in [-0.15, -0.1) is 0 Å². The second kappa shape index (κ2) is 11.9. The van der Waals surface area contributed by atoms with Gasteiger partial charge in [-0.3, -0.25) is 4.18 Å². The molecule has 6 nitrogen and oxygen atoms in total. The average molecular weight is 560 g/mol. The Kier molecular flexibility index (Phi) is 8.19. The van der Waals surface area contributed by atoms with E-state index < -0.39 is 10.1 Å². The first-order valence-corrected chi connectivity index (χ1v) is 14.7. The standard InChI is InChI=1S/C32H30FNO5S/c1-23-30-20-29(38-22-25-6-4-3-5-7-25)16-17-31(30)34(32(23)26-10-12-27(33)13-11-26)21-24-8-14-28(15-9-24)37-18-19-39-40(2,35)36/h3-17,20H,18-19,21-22H2,1-2H3. The molecule has 0 aliphatic rings. The van der Waals surface area contributed by atoms with Crippen LogP contribution in [0.4, 0.5) is 4.39 Å². The van der Waals surface area contributed by atoms with Crippen molar-refractivity contribution in [3.63, 3.8) is 0 Å². The summed E-state index contributed by atoms with van der Waals surface area (Å²) in [6.45, 7) is 3.21. The molecule has 0 saturated heterocycles. The molecule has 206 valence electrons. The van der Waals surface area contributed by atoms with E-state index in [-0.39, 0.29) is 19.0 Å². The van der Waals surface area contributed by atoms with Crippen LogP contribution < -0.4 is 9.47 Å². The zero-order valence-electron chi connectivity index (χ0n) is 22.3. The van der Waals surface area contributed by atoms with Gasteiger partial charge in [0.05, 0.1) is 11.9 Å². The van der Waals surface area contributed by atoms with E-state index in [9.17, 15) is 12.8 Å². The van der Waals surface area contributed by atoms with E-state index in [1.54, 1.807) is 12.1 Å². The molecule has 0 unspecified atom stereocenters. The normalized spacial score (nSPS) is 11.6. The summed E-state index contributed by atoms with van der Waals surface area (Å²) in [5, 5.41) is 1.07. The van der Waals surface area contributed by atoms with Crippen LogP contribution in [0.3, 0.4) is 0 Å². The molecule has 5 aromatic rings. The van der Waals surface area contributed by atoms with Gasteiger partial charge in [-0.1, -0.05) is 42.5 Å². The topological polar surface area (TPSA) is 66.8 Å². The quantitative estimate of drug-likeness (QED) is 0.133. The van der Waals surface area contributed by atoms with E-state index in [2.05, 4.69) is 23.6 Å². The molecule has 0 saturated carbocycles. The van der Waals surface area contributed by atoms with Crippen LogP contribution in [0.2, 0.25) is 0 Å². The van der Waals surface area contributed by atoms with Crippen molar-refractivity contribution in [2.75, 3.05) is 19.5 Å². The predicted molar refractivity (Wildman–Crippen MR) is 155 cm³/mol. The van der Waals surface area contributed by atoms with Crippen molar-refractivity contribution in [2.45, 2.75) is 20.1 Å². The highest BCUT2D eigenvalue weighted by Crippen LogP contribution is 2.36. The third kappa shape index (κ3) is 6.70. The highest BCUT2D eigenvalue weighted by atomic mass is 32.2. The molecule has 0 aliphatic carbocycles. The Labute approximate surface area is 233 Å². The maximum Gasteiger partial charge on any atom is 0.264 e. The van der Waals surface area contributed by atoms with Gasteiger partial charge in [-0.25, -0.2) is 4.39 Å². The summed E-state index contributed by atoms with van der Waals surface area (Å²) in [7, 11) is -3.50. The fourth-order valence-electron chi connectivity index (χ4n) is 4.69. The van der Waals surface area contributed by atoms with Gasteiger partial charge in [0.2, 0.25) is 0 Å². The number of halogens is 1. The number of aryl methyl sites for hydroxylation is 1. The van der Waals surface area contributed by atoms with Crippen molar-refractivity contribution in [3.05, 3.63) is 120 Å². The predicted octanol–water partition coefficient (Wildman–Crippen LogP) is 6.74. The van der Waals surface area contributed by atoms with E-state index in [0.29, 0.717) is 18.9 Å². The monoisotopic (exact) mass is 559 g/mol. The molecule has 1 heterocycles. The van der Waals surface area contributed by atoms with Crippen LogP contribution in [-0.4, -0.2) is 32.5 Å². The highest BCUT2D eigenvalue weighted by molar-refractivity contribution is 7.85. The number of aromatic nitrogens is 1. The average Bonchev–Trinajstić information content (AvgIpc) is 3.22. The fraction of sp³-hybridized carbons (Fsp3) is 0.188. The van der Waals surface area contributed by atoms with Crippen molar-refractivity contribution in [2.24, 2.45) is 0 Å². The van der Waals surface area contributed by atoms with Crippen molar-refractivity contribution in [1.82, 2.24) is 4.57 Å². The molecular formula is C32H30FNO5S. The second-order valence-corrected chi connectivity index (χ2v) is 11.2. The molecule has 0 bridgehead atoms. The SMILES string of the molecule is Cc1c(-c2ccc(F)cc2)n(Cc2ccc(OCCOS(C)(=O)=O)cc2)c2ccc(OCc3ccccc3)cc12. The molecule has 40 heavy (non-hydrogen) atoms. The lowest BCUT2D eigenvalue weighted by atomic mass is 10.1. The number of hydrogen-bond acceptors (Lipinski definition) is 5. The zero-order valence-corrected chi connectivity index (χ0v) is 23.2. The van der Waals surface area contributed by atoms with Crippen LogP contribution in [0.5, 0.6) is 11.5 Å². The second-order valence-electron chi connectivity index (χ2n) is 9.54. The molecule has 0 amide bonds. The summed E-state index contributed by atoms with van der Waals surface area (Å²) in [5.41, 5.74) is 6.20. The summed E-state index contributed by atoms with van der Waals surface area (Å²) in [4.78, 5) is 0. The van der Waals surface area contributed by atoms with Gasteiger partial charge < -0.3 is 14.0 Å². The summed E-state index contributed by atoms with van der Waals surface area (Å²) in [6, 6.07) is 30.3. The Morgan fingerprint density at radius 2 is 1.48 bits per heavy atom. The Hall–Kier alpha value is -4.14. The van der Waals surface area contributed by atoms with Gasteiger partial charge in [-0.05, 0) is 83.8 Å². The van der Waals surface area contributed by atoms with Crippen LogP contribution in [0, 0.1) is 12.7 Å². The number of nitrogens with zero attached hydrogens (tertiary/aromatic N) is 1. The van der Waals surface area contributed by atoms with Crippen molar-refractivity contribution in [1.29, 1.82) is 0 Å². The third-order valence-corrected chi connectivity index (χ3v) is 7.16. The van der Waals surface area contributed by atoms with Crippen molar-refractivity contribution < 1.29 is 26.5 Å². The lowest BCUT2D eigenvalue weighted by molar-refractivity contribution is 0.222. The Morgan fingerprint density at radius 1 is 0.775 bits per heavy atom. The van der Waals surface area contributed by atoms with Crippen molar-refractivity contribution >= 4 is 21.0 Å². The summed E-state index contributed by atoms with van der Waals surface area (Å²) in [5.74, 6) is 1.12. The van der Waals surface area contributed by atoms with E-state index in [1.165, 1.54) is 12.1 Å². The molecule has 0 radical (unpaired) electrons. The van der Waals surface area contributed by atoms with Crippen LogP contribution >= 0.6 is 0 Å². The molecule has 1 aromatic heterocycles. The molecule has 0 spiro atoms. The summed E-state index contributed by atoms with van der Waals surface area (Å²) in [6.07, 6.45) is 1.01. The Bertz CT molecular complexity index is 1700. The lowest BCUT2D eigenvalue weighted by Crippen LogP contribution is -2.11. The Balaban J connectivity index is 1.42. The molecule has 8 heteroatoms. The summed E-state index contributed by atoms with van der Waals surface area (Å²) < 4.78 is 54.6. The maximum atomic E-state index is 13.8. The first-order valence-electron chi connectivity index (χ1n) is 12.9. The van der Waals surface area contributed by atoms with Crippen LogP contribution in [0.25, 0.3) is 22.2 Å². The largest absolute Gasteiger partial charge is 0.491 e. The van der Waals surface area contributed by atoms with Gasteiger partial charge >= 0.3 is 0 Å². The van der Waals surface area contributed by atoms with E-state index in [1.807, 2.05) is 60.7 Å². The van der Waals surface area contributed by atoms with Gasteiger partial charge in [0.25, 0.3) is 10.1 Å². The highest BCUT2D eigenvalue weighted by Gasteiger charge is 2.17. The number of benzene rings is 4. The number of fused-ring (bicyclic) bond motifs is 1. The van der Waals surface area contributed by atoms with Crippen molar-refractivity contribution in [3.8, 4) is 22.8 Å². The van der Waals surface area contributed by atoms with Gasteiger partial charge in [0, 0.05) is 17.4 Å². The molecule has 0 aliphatic heterocycles. The summed E-state index contributed by atoms with van der Waals surface area (Å²) >= 11 is 0. The third-order valence-electron chi connectivity index (χ3n) is 6.57. The smallest absolute Gasteiger partial charge is 0.264 e. The van der Waals surface area contributed by atoms with Gasteiger partial charge in [-0.2, -0.15) is 8.42 Å². The lowest BCUT2D eigenvalue weighted by Gasteiger charge is -2.13. The number of ether oxygens (including phenoxy) is 2. The molecule has 0 N–H and O–H groups in total.